The zero-order chi connectivity index (χ0) is 30.4. The Balaban J connectivity index is 2.10. The summed E-state index contributed by atoms with van der Waals surface area (Å²) >= 11 is 0. The number of anilines is 1. The van der Waals surface area contributed by atoms with E-state index in [0.717, 1.165) is 17.7 Å². The van der Waals surface area contributed by atoms with Crippen LogP contribution in [0.25, 0.3) is 0 Å². The monoisotopic (exact) mass is 591 g/mol. The van der Waals surface area contributed by atoms with Crippen molar-refractivity contribution in [2.75, 3.05) is 24.5 Å². The lowest BCUT2D eigenvalue weighted by molar-refractivity contribution is -0.139. The summed E-state index contributed by atoms with van der Waals surface area (Å²) in [4.78, 5) is 27.6. The summed E-state index contributed by atoms with van der Waals surface area (Å²) in [6, 6.07) is 15.2. The molecule has 0 aromatic heterocycles. The van der Waals surface area contributed by atoms with Gasteiger partial charge in [0.05, 0.1) is 23.3 Å². The topological polar surface area (TPSA) is 96.0 Å². The summed E-state index contributed by atoms with van der Waals surface area (Å²) in [5.41, 5.74) is -0.0528. The molecule has 0 spiro atoms. The maximum atomic E-state index is 13.8. The molecular formula is C29H32F3N3O5S. The van der Waals surface area contributed by atoms with E-state index in [0.29, 0.717) is 28.2 Å². The Hall–Kier alpha value is -4.06. The van der Waals surface area contributed by atoms with Crippen LogP contribution in [0.15, 0.2) is 77.7 Å². The first kappa shape index (κ1) is 31.5. The van der Waals surface area contributed by atoms with Crippen LogP contribution in [0.3, 0.4) is 0 Å². The molecule has 0 bridgehead atoms. The first-order valence-electron chi connectivity index (χ1n) is 12.7. The number of methoxy groups -OCH3 is 1. The molecule has 0 saturated heterocycles. The summed E-state index contributed by atoms with van der Waals surface area (Å²) in [5.74, 6) is -0.761. The van der Waals surface area contributed by atoms with E-state index in [9.17, 15) is 31.2 Å². The van der Waals surface area contributed by atoms with Crippen molar-refractivity contribution in [2.45, 2.75) is 44.4 Å². The minimum atomic E-state index is -4.75. The Labute approximate surface area is 237 Å². The third-order valence-corrected chi connectivity index (χ3v) is 8.14. The van der Waals surface area contributed by atoms with Gasteiger partial charge in [-0.1, -0.05) is 35.9 Å². The van der Waals surface area contributed by atoms with Gasteiger partial charge in [0.2, 0.25) is 11.8 Å². The van der Waals surface area contributed by atoms with Gasteiger partial charge in [-0.3, -0.25) is 13.9 Å². The van der Waals surface area contributed by atoms with Crippen LogP contribution in [0.4, 0.5) is 18.9 Å². The molecule has 1 atom stereocenters. The molecule has 0 aliphatic carbocycles. The van der Waals surface area contributed by atoms with E-state index in [1.807, 2.05) is 0 Å². The van der Waals surface area contributed by atoms with Gasteiger partial charge >= 0.3 is 6.18 Å². The fraction of sp³-hybridized carbons (Fsp3) is 0.310. The molecule has 1 N–H and O–H groups in total. The molecule has 3 aromatic carbocycles. The van der Waals surface area contributed by atoms with Gasteiger partial charge < -0.3 is 15.0 Å². The van der Waals surface area contributed by atoms with Crippen molar-refractivity contribution < 1.29 is 35.9 Å². The molecule has 3 aromatic rings. The van der Waals surface area contributed by atoms with Crippen LogP contribution in [-0.2, 0) is 32.3 Å². The number of nitrogens with one attached hydrogen (secondary N) is 1. The second kappa shape index (κ2) is 13.1. The summed E-state index contributed by atoms with van der Waals surface area (Å²) in [6.45, 7) is 4.31. The number of rotatable bonds is 11. The second-order valence-corrected chi connectivity index (χ2v) is 11.2. The predicted molar refractivity (Wildman–Crippen MR) is 149 cm³/mol. The lowest BCUT2D eigenvalue weighted by Crippen LogP contribution is -2.51. The van der Waals surface area contributed by atoms with E-state index in [2.05, 4.69) is 5.32 Å². The van der Waals surface area contributed by atoms with E-state index < -0.39 is 46.2 Å². The predicted octanol–water partition coefficient (Wildman–Crippen LogP) is 4.77. The molecule has 0 saturated carbocycles. The van der Waals surface area contributed by atoms with E-state index in [1.54, 1.807) is 50.2 Å². The number of hydrogen-bond acceptors (Lipinski definition) is 5. The van der Waals surface area contributed by atoms with Gasteiger partial charge in [-0.15, -0.1) is 0 Å². The van der Waals surface area contributed by atoms with Crippen LogP contribution in [0.1, 0.15) is 30.5 Å². The average molecular weight is 592 g/mol. The quantitative estimate of drug-likeness (QED) is 0.347. The van der Waals surface area contributed by atoms with Crippen molar-refractivity contribution in [3.8, 4) is 5.75 Å². The summed E-state index contributed by atoms with van der Waals surface area (Å²) < 4.78 is 74.1. The fourth-order valence-electron chi connectivity index (χ4n) is 4.08. The van der Waals surface area contributed by atoms with Gasteiger partial charge in [-0.25, -0.2) is 8.42 Å². The molecule has 3 rings (SSSR count). The standard InChI is InChI=1S/C29H32F3N3O5S/c1-5-33-28(37)21(3)34(18-22-8-6-11-25(16-22)40-4)27(36)19-35(24-10-7-9-23(17-24)29(30,31)32)41(38,39)26-14-12-20(2)13-15-26/h6-17,21H,5,18-19H2,1-4H3,(H,33,37)/t21-/m0/s1. The molecule has 0 aliphatic heterocycles. The Kier molecular flexibility index (Phi) is 10.0. The highest BCUT2D eigenvalue weighted by Gasteiger charge is 2.35. The number of sulfonamides is 1. The molecule has 0 radical (unpaired) electrons. The summed E-state index contributed by atoms with van der Waals surface area (Å²) in [5, 5.41) is 2.65. The molecule has 2 amide bonds. The largest absolute Gasteiger partial charge is 0.497 e. The molecule has 0 heterocycles. The zero-order valence-electron chi connectivity index (χ0n) is 23.1. The normalized spacial score (nSPS) is 12.4. The minimum absolute atomic E-state index is 0.0880. The molecular weight excluding hydrogens is 559 g/mol. The Morgan fingerprint density at radius 2 is 1.66 bits per heavy atom. The van der Waals surface area contributed by atoms with Crippen LogP contribution >= 0.6 is 0 Å². The molecule has 220 valence electrons. The first-order valence-corrected chi connectivity index (χ1v) is 14.2. The first-order chi connectivity index (χ1) is 19.3. The van der Waals surface area contributed by atoms with E-state index >= 15 is 0 Å². The van der Waals surface area contributed by atoms with Crippen molar-refractivity contribution in [3.63, 3.8) is 0 Å². The number of aryl methyl sites for hydroxylation is 1. The van der Waals surface area contributed by atoms with Crippen LogP contribution in [0.2, 0.25) is 0 Å². The Bertz CT molecular complexity index is 1480. The third-order valence-electron chi connectivity index (χ3n) is 6.35. The maximum absolute atomic E-state index is 13.8. The van der Waals surface area contributed by atoms with Crippen LogP contribution in [0.5, 0.6) is 5.75 Å². The van der Waals surface area contributed by atoms with Crippen molar-refractivity contribution >= 4 is 27.5 Å². The highest BCUT2D eigenvalue weighted by Crippen LogP contribution is 2.33. The minimum Gasteiger partial charge on any atom is -0.497 e. The van der Waals surface area contributed by atoms with Crippen molar-refractivity contribution in [1.82, 2.24) is 10.2 Å². The average Bonchev–Trinajstić information content (AvgIpc) is 2.94. The van der Waals surface area contributed by atoms with Crippen molar-refractivity contribution in [2.24, 2.45) is 0 Å². The number of carbonyl (C=O) groups excluding carboxylic acids is 2. The molecule has 0 fully saturated rings. The lowest BCUT2D eigenvalue weighted by atomic mass is 10.1. The number of ether oxygens (including phenoxy) is 1. The smallest absolute Gasteiger partial charge is 0.416 e. The van der Waals surface area contributed by atoms with E-state index in [-0.39, 0.29) is 17.1 Å². The number of halogens is 3. The molecule has 8 nitrogen and oxygen atoms in total. The number of nitrogens with zero attached hydrogens (tertiary/aromatic N) is 2. The van der Waals surface area contributed by atoms with Gasteiger partial charge in [-0.05, 0) is 68.8 Å². The molecule has 0 aliphatic rings. The SMILES string of the molecule is CCNC(=O)[C@H](C)N(Cc1cccc(OC)c1)C(=O)CN(c1cccc(C(F)(F)F)c1)S(=O)(=O)c1ccc(C)cc1. The number of likely N-dealkylation sites (N-methyl/N-ethyl adjacent to an activating group) is 1. The highest BCUT2D eigenvalue weighted by atomic mass is 32.2. The number of alkyl halides is 3. The zero-order valence-corrected chi connectivity index (χ0v) is 23.9. The van der Waals surface area contributed by atoms with Gasteiger partial charge in [0.1, 0.15) is 18.3 Å². The molecule has 41 heavy (non-hydrogen) atoms. The number of hydrogen-bond donors (Lipinski definition) is 1. The van der Waals surface area contributed by atoms with Gasteiger partial charge in [0.25, 0.3) is 10.0 Å². The van der Waals surface area contributed by atoms with Crippen molar-refractivity contribution in [1.29, 1.82) is 0 Å². The fourth-order valence-corrected chi connectivity index (χ4v) is 5.48. The Morgan fingerprint density at radius 1 is 1.00 bits per heavy atom. The van der Waals surface area contributed by atoms with Crippen LogP contribution in [-0.4, -0.2) is 51.4 Å². The number of benzene rings is 3. The van der Waals surface area contributed by atoms with Gasteiger partial charge in [-0.2, -0.15) is 13.2 Å². The second-order valence-electron chi connectivity index (χ2n) is 9.32. The Morgan fingerprint density at radius 3 is 2.27 bits per heavy atom. The molecule has 12 heteroatoms. The van der Waals surface area contributed by atoms with Crippen LogP contribution in [0, 0.1) is 6.92 Å². The van der Waals surface area contributed by atoms with E-state index in [4.69, 9.17) is 4.74 Å². The highest BCUT2D eigenvalue weighted by molar-refractivity contribution is 7.92. The van der Waals surface area contributed by atoms with Crippen molar-refractivity contribution in [3.05, 3.63) is 89.5 Å². The maximum Gasteiger partial charge on any atom is 0.416 e. The third kappa shape index (κ3) is 7.78. The summed E-state index contributed by atoms with van der Waals surface area (Å²) in [6.07, 6.45) is -4.75. The van der Waals surface area contributed by atoms with Gasteiger partial charge in [0, 0.05) is 13.1 Å². The molecule has 0 unspecified atom stereocenters. The number of amides is 2. The van der Waals surface area contributed by atoms with Gasteiger partial charge in [0.15, 0.2) is 0 Å². The van der Waals surface area contributed by atoms with E-state index in [1.165, 1.54) is 37.1 Å². The van der Waals surface area contributed by atoms with Crippen LogP contribution < -0.4 is 14.4 Å². The lowest BCUT2D eigenvalue weighted by Gasteiger charge is -2.32. The number of carbonyl (C=O) groups is 2. The summed E-state index contributed by atoms with van der Waals surface area (Å²) in [7, 11) is -3.03.